The van der Waals surface area contributed by atoms with Crippen LogP contribution in [0.3, 0.4) is 0 Å². The second-order valence-electron chi connectivity index (χ2n) is 5.54. The van der Waals surface area contributed by atoms with Gasteiger partial charge in [-0.2, -0.15) is 8.78 Å². The minimum absolute atomic E-state index is 0.0976. The number of amidine groups is 1. The Hall–Kier alpha value is -2.95. The van der Waals surface area contributed by atoms with Gasteiger partial charge in [0, 0.05) is 24.5 Å². The number of nitrogens with zero attached hydrogens (tertiary/aromatic N) is 2. The third-order valence-corrected chi connectivity index (χ3v) is 4.89. The fourth-order valence-electron chi connectivity index (χ4n) is 2.48. The number of carbonyl (C=O) groups is 1. The van der Waals surface area contributed by atoms with E-state index in [0.717, 1.165) is 0 Å². The maximum absolute atomic E-state index is 12.5. The molecule has 0 saturated carbocycles. The van der Waals surface area contributed by atoms with Crippen LogP contribution in [-0.4, -0.2) is 51.1 Å². The molecule has 2 aliphatic heterocycles. The number of benzene rings is 1. The third kappa shape index (κ3) is 4.42. The SMILES string of the molecule is COc1ccc(NC(=O)C2=CN3CCS(=O)(=O)N=C3C=C2)cc1OC(F)F. The fourth-order valence-corrected chi connectivity index (χ4v) is 3.45. The second-order valence-corrected chi connectivity index (χ2v) is 7.30. The number of halogens is 2. The smallest absolute Gasteiger partial charge is 0.387 e. The number of hydrogen-bond donors (Lipinski definition) is 1. The highest BCUT2D eigenvalue weighted by Gasteiger charge is 2.25. The zero-order valence-corrected chi connectivity index (χ0v) is 14.9. The quantitative estimate of drug-likeness (QED) is 0.810. The van der Waals surface area contributed by atoms with Gasteiger partial charge in [-0.1, -0.05) is 0 Å². The molecule has 1 aromatic carbocycles. The van der Waals surface area contributed by atoms with E-state index < -0.39 is 22.5 Å². The molecule has 1 aromatic rings. The average Bonchev–Trinajstić information content (AvgIpc) is 2.60. The fraction of sp³-hybridized carbons (Fsp3) is 0.250. The molecule has 8 nitrogen and oxygen atoms in total. The summed E-state index contributed by atoms with van der Waals surface area (Å²) in [6.07, 6.45) is 4.32. The van der Waals surface area contributed by atoms with E-state index in [9.17, 15) is 22.0 Å². The first-order valence-corrected chi connectivity index (χ1v) is 9.32. The van der Waals surface area contributed by atoms with E-state index in [1.165, 1.54) is 43.7 Å². The van der Waals surface area contributed by atoms with Crippen molar-refractivity contribution in [2.24, 2.45) is 4.40 Å². The Bertz CT molecular complexity index is 957. The zero-order valence-electron chi connectivity index (χ0n) is 14.1. The van der Waals surface area contributed by atoms with Crippen molar-refractivity contribution in [1.82, 2.24) is 4.90 Å². The van der Waals surface area contributed by atoms with E-state index in [1.54, 1.807) is 4.90 Å². The normalized spacial score (nSPS) is 17.7. The molecule has 0 atom stereocenters. The molecule has 0 fully saturated rings. The molecule has 0 aromatic heterocycles. The molecular formula is C16H15F2N3O5S. The van der Waals surface area contributed by atoms with E-state index in [1.807, 2.05) is 0 Å². The summed E-state index contributed by atoms with van der Waals surface area (Å²) in [6, 6.07) is 4.08. The molecule has 0 unspecified atom stereocenters. The summed E-state index contributed by atoms with van der Waals surface area (Å²) in [5.41, 5.74) is 0.479. The van der Waals surface area contributed by atoms with E-state index in [-0.39, 0.29) is 40.9 Å². The van der Waals surface area contributed by atoms with Crippen LogP contribution in [0.15, 0.2) is 46.5 Å². The number of carbonyl (C=O) groups excluding carboxylic acids is 1. The van der Waals surface area contributed by atoms with Gasteiger partial charge >= 0.3 is 6.61 Å². The molecule has 11 heteroatoms. The molecule has 0 spiro atoms. The minimum Gasteiger partial charge on any atom is -0.493 e. The predicted octanol–water partition coefficient (Wildman–Crippen LogP) is 1.73. The van der Waals surface area contributed by atoms with Crippen molar-refractivity contribution in [1.29, 1.82) is 0 Å². The summed E-state index contributed by atoms with van der Waals surface area (Å²) in [5, 5.41) is 2.56. The number of alkyl halides is 2. The lowest BCUT2D eigenvalue weighted by atomic mass is 10.1. The van der Waals surface area contributed by atoms with Gasteiger partial charge in [-0.15, -0.1) is 4.40 Å². The number of fused-ring (bicyclic) bond motifs is 1. The van der Waals surface area contributed by atoms with Crippen LogP contribution in [0.25, 0.3) is 0 Å². The highest BCUT2D eigenvalue weighted by Crippen LogP contribution is 2.31. The van der Waals surface area contributed by atoms with E-state index >= 15 is 0 Å². The van der Waals surface area contributed by atoms with Crippen LogP contribution in [0.1, 0.15) is 0 Å². The highest BCUT2D eigenvalue weighted by atomic mass is 32.2. The molecule has 2 heterocycles. The van der Waals surface area contributed by atoms with Gasteiger partial charge in [0.15, 0.2) is 11.5 Å². The summed E-state index contributed by atoms with van der Waals surface area (Å²) in [4.78, 5) is 14.0. The monoisotopic (exact) mass is 399 g/mol. The summed E-state index contributed by atoms with van der Waals surface area (Å²) < 4.78 is 60.9. The van der Waals surface area contributed by atoms with Crippen molar-refractivity contribution in [2.75, 3.05) is 24.7 Å². The van der Waals surface area contributed by atoms with Crippen LogP contribution in [0.5, 0.6) is 11.5 Å². The molecular weight excluding hydrogens is 384 g/mol. The highest BCUT2D eigenvalue weighted by molar-refractivity contribution is 7.90. The predicted molar refractivity (Wildman–Crippen MR) is 93.4 cm³/mol. The first kappa shape index (κ1) is 18.8. The van der Waals surface area contributed by atoms with Crippen LogP contribution in [-0.2, 0) is 14.8 Å². The molecule has 2 aliphatic rings. The Morgan fingerprint density at radius 1 is 1.30 bits per heavy atom. The number of hydrogen-bond acceptors (Lipinski definition) is 6. The zero-order chi connectivity index (χ0) is 19.6. The molecule has 0 saturated heterocycles. The van der Waals surface area contributed by atoms with E-state index in [0.29, 0.717) is 0 Å². The van der Waals surface area contributed by atoms with Gasteiger partial charge in [0.25, 0.3) is 15.9 Å². The summed E-state index contributed by atoms with van der Waals surface area (Å²) >= 11 is 0. The Balaban J connectivity index is 1.77. The summed E-state index contributed by atoms with van der Waals surface area (Å²) in [7, 11) is -2.18. The topological polar surface area (TPSA) is 97.3 Å². The molecule has 0 bridgehead atoms. The van der Waals surface area contributed by atoms with Crippen molar-refractivity contribution < 1.29 is 31.5 Å². The van der Waals surface area contributed by atoms with Crippen molar-refractivity contribution in [3.63, 3.8) is 0 Å². The maximum atomic E-state index is 12.5. The molecule has 1 N–H and O–H groups in total. The lowest BCUT2D eigenvalue weighted by molar-refractivity contribution is -0.112. The summed E-state index contributed by atoms with van der Waals surface area (Å²) in [5.74, 6) is -0.543. The largest absolute Gasteiger partial charge is 0.493 e. The van der Waals surface area contributed by atoms with Crippen molar-refractivity contribution in [2.45, 2.75) is 6.61 Å². The number of nitrogens with one attached hydrogen (secondary N) is 1. The Labute approximate surface area is 153 Å². The lowest BCUT2D eigenvalue weighted by Gasteiger charge is -2.27. The number of sulfonamides is 1. The number of ether oxygens (including phenoxy) is 2. The second kappa shape index (κ2) is 7.35. The number of methoxy groups -OCH3 is 1. The molecule has 27 heavy (non-hydrogen) atoms. The standard InChI is InChI=1S/C16H15F2N3O5S/c1-25-12-4-3-11(8-13(12)26-16(17)18)19-15(22)10-2-5-14-20-27(23,24)7-6-21(14)9-10/h2-5,8-9,16H,6-7H2,1H3,(H,19,22). The van der Waals surface area contributed by atoms with E-state index in [2.05, 4.69) is 14.5 Å². The van der Waals surface area contributed by atoms with Crippen LogP contribution in [0.4, 0.5) is 14.5 Å². The first-order chi connectivity index (χ1) is 12.8. The van der Waals surface area contributed by atoms with Crippen LogP contribution >= 0.6 is 0 Å². The van der Waals surface area contributed by atoms with E-state index in [4.69, 9.17) is 4.74 Å². The first-order valence-electron chi connectivity index (χ1n) is 7.71. The number of amides is 1. The molecule has 0 radical (unpaired) electrons. The number of anilines is 1. The average molecular weight is 399 g/mol. The lowest BCUT2D eigenvalue weighted by Crippen LogP contribution is -2.37. The van der Waals surface area contributed by atoms with Gasteiger partial charge in [-0.05, 0) is 24.3 Å². The number of rotatable bonds is 5. The maximum Gasteiger partial charge on any atom is 0.387 e. The van der Waals surface area contributed by atoms with Crippen molar-refractivity contribution >= 4 is 27.5 Å². The molecule has 3 rings (SSSR count). The van der Waals surface area contributed by atoms with Gasteiger partial charge in [-0.3, -0.25) is 4.79 Å². The van der Waals surface area contributed by atoms with Gasteiger partial charge in [0.2, 0.25) is 0 Å². The minimum atomic E-state index is -3.48. The Morgan fingerprint density at radius 3 is 2.78 bits per heavy atom. The molecule has 144 valence electrons. The molecule has 1 amide bonds. The van der Waals surface area contributed by atoms with Crippen LogP contribution < -0.4 is 14.8 Å². The van der Waals surface area contributed by atoms with Gasteiger partial charge in [0.05, 0.1) is 18.4 Å². The van der Waals surface area contributed by atoms with Crippen LogP contribution in [0, 0.1) is 0 Å². The van der Waals surface area contributed by atoms with Crippen molar-refractivity contribution in [3.8, 4) is 11.5 Å². The Kier molecular flexibility index (Phi) is 5.13. The van der Waals surface area contributed by atoms with Crippen molar-refractivity contribution in [3.05, 3.63) is 42.1 Å². The van der Waals surface area contributed by atoms with Crippen LogP contribution in [0.2, 0.25) is 0 Å². The van der Waals surface area contributed by atoms with Gasteiger partial charge < -0.3 is 19.7 Å². The van der Waals surface area contributed by atoms with Gasteiger partial charge in [-0.25, -0.2) is 8.42 Å². The summed E-state index contributed by atoms with van der Waals surface area (Å²) in [6.45, 7) is -2.86. The molecule has 0 aliphatic carbocycles. The Morgan fingerprint density at radius 2 is 2.07 bits per heavy atom. The third-order valence-electron chi connectivity index (χ3n) is 3.72. The van der Waals surface area contributed by atoms with Gasteiger partial charge in [0.1, 0.15) is 5.84 Å².